The van der Waals surface area contributed by atoms with E-state index >= 15 is 0 Å². The number of fused-ring (bicyclic) bond motifs is 1. The Morgan fingerprint density at radius 2 is 2.00 bits per heavy atom. The smallest absolute Gasteiger partial charge is 0.410 e. The van der Waals surface area contributed by atoms with E-state index in [0.29, 0.717) is 30.6 Å². The average Bonchev–Trinajstić information content (AvgIpc) is 2.76. The van der Waals surface area contributed by atoms with Crippen LogP contribution in [0.5, 0.6) is 5.88 Å². The second kappa shape index (κ2) is 6.92. The molecule has 5 nitrogen and oxygen atoms in total. The number of halogens is 1. The van der Waals surface area contributed by atoms with Crippen molar-refractivity contribution < 1.29 is 14.3 Å². The molecule has 0 N–H and O–H groups in total. The van der Waals surface area contributed by atoms with Gasteiger partial charge in [-0.1, -0.05) is 29.8 Å². The molecule has 0 aliphatic carbocycles. The highest BCUT2D eigenvalue weighted by atomic mass is 35.5. The highest BCUT2D eigenvalue weighted by molar-refractivity contribution is 6.33. The Labute approximate surface area is 152 Å². The van der Waals surface area contributed by atoms with Crippen molar-refractivity contribution >= 4 is 17.7 Å². The van der Waals surface area contributed by atoms with Gasteiger partial charge in [0.1, 0.15) is 12.2 Å². The lowest BCUT2D eigenvalue weighted by Gasteiger charge is -2.26. The van der Waals surface area contributed by atoms with Gasteiger partial charge in [0.25, 0.3) is 0 Å². The molecule has 0 unspecified atom stereocenters. The third-order valence-electron chi connectivity index (χ3n) is 3.78. The van der Waals surface area contributed by atoms with Crippen molar-refractivity contribution in [2.45, 2.75) is 32.9 Å². The summed E-state index contributed by atoms with van der Waals surface area (Å²) < 4.78 is 11.3. The van der Waals surface area contributed by atoms with Crippen LogP contribution in [-0.2, 0) is 11.3 Å². The van der Waals surface area contributed by atoms with Crippen LogP contribution in [0.15, 0.2) is 36.5 Å². The van der Waals surface area contributed by atoms with E-state index in [9.17, 15) is 4.79 Å². The van der Waals surface area contributed by atoms with Crippen LogP contribution in [0, 0.1) is 0 Å². The minimum atomic E-state index is -0.548. The molecule has 0 bridgehead atoms. The van der Waals surface area contributed by atoms with E-state index < -0.39 is 5.60 Å². The molecule has 1 amide bonds. The number of benzene rings is 1. The van der Waals surface area contributed by atoms with Crippen molar-refractivity contribution in [2.24, 2.45) is 0 Å². The fourth-order valence-electron chi connectivity index (χ4n) is 2.69. The van der Waals surface area contributed by atoms with E-state index in [1.807, 2.05) is 51.1 Å². The Morgan fingerprint density at radius 3 is 2.72 bits per heavy atom. The Balaban J connectivity index is 1.97. The van der Waals surface area contributed by atoms with Gasteiger partial charge in [-0.3, -0.25) is 0 Å². The molecular formula is C19H21ClN2O3. The molecule has 2 aromatic rings. The molecule has 0 saturated carbocycles. The van der Waals surface area contributed by atoms with Gasteiger partial charge in [-0.2, -0.15) is 0 Å². The van der Waals surface area contributed by atoms with Gasteiger partial charge < -0.3 is 14.4 Å². The van der Waals surface area contributed by atoms with Crippen LogP contribution < -0.4 is 4.74 Å². The van der Waals surface area contributed by atoms with Gasteiger partial charge in [0.05, 0.1) is 13.1 Å². The molecule has 0 fully saturated rings. The zero-order chi connectivity index (χ0) is 18.0. The lowest BCUT2D eigenvalue weighted by atomic mass is 10.0. The summed E-state index contributed by atoms with van der Waals surface area (Å²) in [6.45, 7) is 6.72. The van der Waals surface area contributed by atoms with Gasteiger partial charge in [0.15, 0.2) is 0 Å². The second-order valence-electron chi connectivity index (χ2n) is 6.87. The number of hydrogen-bond acceptors (Lipinski definition) is 4. The van der Waals surface area contributed by atoms with Crippen LogP contribution in [-0.4, -0.2) is 34.7 Å². The third kappa shape index (κ3) is 4.04. The molecule has 0 spiro atoms. The van der Waals surface area contributed by atoms with Gasteiger partial charge in [-0.15, -0.1) is 0 Å². The molecule has 3 rings (SSSR count). The molecule has 0 atom stereocenters. The van der Waals surface area contributed by atoms with Crippen molar-refractivity contribution in [2.75, 3.05) is 13.2 Å². The number of ether oxygens (including phenoxy) is 2. The first-order chi connectivity index (χ1) is 11.8. The highest BCUT2D eigenvalue weighted by Gasteiger charge is 2.27. The van der Waals surface area contributed by atoms with Gasteiger partial charge in [-0.25, -0.2) is 9.78 Å². The van der Waals surface area contributed by atoms with Crippen molar-refractivity contribution in [1.82, 2.24) is 9.88 Å². The van der Waals surface area contributed by atoms with Crippen molar-refractivity contribution in [1.29, 1.82) is 0 Å². The summed E-state index contributed by atoms with van der Waals surface area (Å²) in [5, 5.41) is 0.643. The van der Waals surface area contributed by atoms with Crippen LogP contribution in [0.25, 0.3) is 11.1 Å². The second-order valence-corrected chi connectivity index (χ2v) is 7.28. The average molecular weight is 361 g/mol. The van der Waals surface area contributed by atoms with E-state index in [1.165, 1.54) is 0 Å². The molecule has 25 heavy (non-hydrogen) atoms. The van der Waals surface area contributed by atoms with Gasteiger partial charge in [0.2, 0.25) is 5.88 Å². The zero-order valence-electron chi connectivity index (χ0n) is 14.6. The summed E-state index contributed by atoms with van der Waals surface area (Å²) in [4.78, 5) is 18.5. The molecule has 1 aromatic carbocycles. The number of hydrogen-bond donors (Lipinski definition) is 0. The Kier molecular flexibility index (Phi) is 4.86. The molecule has 0 saturated heterocycles. The molecule has 1 aliphatic rings. The number of nitrogens with zero attached hydrogens (tertiary/aromatic N) is 2. The number of carbonyl (C=O) groups excluding carboxylic acids is 1. The summed E-state index contributed by atoms with van der Waals surface area (Å²) in [6.07, 6.45) is 1.33. The first kappa shape index (κ1) is 17.5. The SMILES string of the molecule is CC(C)(C)OC(=O)N1CCOc2nccc(-c3ccccc3Cl)c2C1. The fraction of sp³-hybridized carbons (Fsp3) is 0.368. The molecule has 6 heteroatoms. The minimum Gasteiger partial charge on any atom is -0.476 e. The van der Waals surface area contributed by atoms with Crippen molar-refractivity contribution in [3.05, 3.63) is 47.1 Å². The Morgan fingerprint density at radius 1 is 1.24 bits per heavy atom. The first-order valence-electron chi connectivity index (χ1n) is 8.18. The Hall–Kier alpha value is -2.27. The van der Waals surface area contributed by atoms with Crippen LogP contribution in [0.4, 0.5) is 4.79 Å². The van der Waals surface area contributed by atoms with Crippen molar-refractivity contribution in [3.8, 4) is 17.0 Å². The van der Waals surface area contributed by atoms with E-state index in [1.54, 1.807) is 11.1 Å². The number of pyridine rings is 1. The van der Waals surface area contributed by atoms with Crippen molar-refractivity contribution in [3.63, 3.8) is 0 Å². The van der Waals surface area contributed by atoms with Crippen LogP contribution in [0.2, 0.25) is 5.02 Å². The summed E-state index contributed by atoms with van der Waals surface area (Å²) in [6, 6.07) is 9.49. The third-order valence-corrected chi connectivity index (χ3v) is 4.11. The summed E-state index contributed by atoms with van der Waals surface area (Å²) >= 11 is 6.36. The first-order valence-corrected chi connectivity index (χ1v) is 8.56. The van der Waals surface area contributed by atoms with Crippen LogP contribution in [0.3, 0.4) is 0 Å². The number of aromatic nitrogens is 1. The Bertz CT molecular complexity index is 786. The summed E-state index contributed by atoms with van der Waals surface area (Å²) in [5.41, 5.74) is 2.08. The summed E-state index contributed by atoms with van der Waals surface area (Å²) in [5.74, 6) is 0.531. The van der Waals surface area contributed by atoms with Gasteiger partial charge in [-0.05, 0) is 38.5 Å². The number of rotatable bonds is 1. The normalized spacial score (nSPS) is 14.3. The number of carbonyl (C=O) groups is 1. The lowest BCUT2D eigenvalue weighted by molar-refractivity contribution is 0.0225. The van der Waals surface area contributed by atoms with Crippen LogP contribution >= 0.6 is 11.6 Å². The summed E-state index contributed by atoms with van der Waals surface area (Å²) in [7, 11) is 0. The van der Waals surface area contributed by atoms with E-state index in [-0.39, 0.29) is 6.09 Å². The molecule has 1 aromatic heterocycles. The maximum Gasteiger partial charge on any atom is 0.410 e. The predicted molar refractivity (Wildman–Crippen MR) is 96.8 cm³/mol. The maximum absolute atomic E-state index is 12.5. The number of amides is 1. The fourth-order valence-corrected chi connectivity index (χ4v) is 2.92. The predicted octanol–water partition coefficient (Wildman–Crippen LogP) is 4.53. The van der Waals surface area contributed by atoms with Gasteiger partial charge in [0, 0.05) is 22.3 Å². The lowest BCUT2D eigenvalue weighted by Crippen LogP contribution is -2.37. The van der Waals surface area contributed by atoms with Gasteiger partial charge >= 0.3 is 6.09 Å². The standard InChI is InChI=1S/C19H21ClN2O3/c1-19(2,3)25-18(23)22-10-11-24-17-15(12-22)13(8-9-21-17)14-6-4-5-7-16(14)20/h4-9H,10-12H2,1-3H3. The molecule has 132 valence electrons. The quantitative estimate of drug-likeness (QED) is 0.749. The monoisotopic (exact) mass is 360 g/mol. The minimum absolute atomic E-state index is 0.360. The molecule has 0 radical (unpaired) electrons. The largest absolute Gasteiger partial charge is 0.476 e. The van der Waals surface area contributed by atoms with E-state index in [0.717, 1.165) is 16.7 Å². The highest BCUT2D eigenvalue weighted by Crippen LogP contribution is 2.35. The molecule has 2 heterocycles. The van der Waals surface area contributed by atoms with E-state index in [4.69, 9.17) is 21.1 Å². The molecule has 1 aliphatic heterocycles. The van der Waals surface area contributed by atoms with Crippen LogP contribution in [0.1, 0.15) is 26.3 Å². The maximum atomic E-state index is 12.5. The van der Waals surface area contributed by atoms with E-state index in [2.05, 4.69) is 4.98 Å². The molecular weight excluding hydrogens is 340 g/mol. The zero-order valence-corrected chi connectivity index (χ0v) is 15.3. The topological polar surface area (TPSA) is 51.7 Å².